The highest BCUT2D eigenvalue weighted by Gasteiger charge is 2.19. The fraction of sp³-hybridized carbons (Fsp3) is 0.133. The van der Waals surface area contributed by atoms with Crippen LogP contribution in [0, 0.1) is 5.82 Å². The number of rotatable bonds is 2. The molecule has 1 aromatic carbocycles. The molecule has 5 heteroatoms. The molecule has 0 spiro atoms. The fourth-order valence-electron chi connectivity index (χ4n) is 2.32. The van der Waals surface area contributed by atoms with Gasteiger partial charge in [0.05, 0.1) is 16.4 Å². The maximum absolute atomic E-state index is 14.2. The molecule has 3 nitrogen and oxygen atoms in total. The van der Waals surface area contributed by atoms with E-state index < -0.39 is 11.6 Å². The average molecular weight is 291 g/mol. The quantitative estimate of drug-likeness (QED) is 0.773. The molecule has 0 aliphatic heterocycles. The van der Waals surface area contributed by atoms with Crippen LogP contribution in [-0.4, -0.2) is 14.5 Å². The summed E-state index contributed by atoms with van der Waals surface area (Å²) in [5.74, 6) is -1.28. The lowest BCUT2D eigenvalue weighted by atomic mass is 10.1. The Labute approximate surface area is 120 Å². The van der Waals surface area contributed by atoms with E-state index in [1.54, 1.807) is 6.07 Å². The smallest absolute Gasteiger partial charge is 0.175 e. The van der Waals surface area contributed by atoms with Crippen LogP contribution >= 0.6 is 11.6 Å². The van der Waals surface area contributed by atoms with Crippen LogP contribution in [0.4, 0.5) is 4.39 Å². The van der Waals surface area contributed by atoms with Gasteiger partial charge in [-0.05, 0) is 30.7 Å². The van der Waals surface area contributed by atoms with E-state index in [4.69, 9.17) is 11.6 Å². The van der Waals surface area contributed by atoms with E-state index in [1.165, 1.54) is 6.07 Å². The minimum absolute atomic E-state index is 0.00642. The van der Waals surface area contributed by atoms with E-state index in [1.807, 2.05) is 35.7 Å². The van der Waals surface area contributed by atoms with Crippen LogP contribution < -0.4 is 0 Å². The first-order valence-electron chi connectivity index (χ1n) is 6.26. The molecule has 2 aromatic heterocycles. The maximum Gasteiger partial charge on any atom is 0.175 e. The molecule has 0 aliphatic rings. The Hall–Kier alpha value is -2.07. The van der Waals surface area contributed by atoms with E-state index in [0.717, 1.165) is 11.3 Å². The molecule has 20 heavy (non-hydrogen) atoms. The molecule has 102 valence electrons. The molecule has 0 unspecified atom stereocenters. The van der Waals surface area contributed by atoms with Gasteiger partial charge in [-0.1, -0.05) is 24.6 Å². The van der Waals surface area contributed by atoms with Gasteiger partial charge in [-0.15, -0.1) is 0 Å². The van der Waals surface area contributed by atoms with Gasteiger partial charge in [-0.2, -0.15) is 0 Å². The van der Waals surface area contributed by atoms with Crippen LogP contribution in [0.1, 0.15) is 12.6 Å². The van der Waals surface area contributed by atoms with E-state index >= 15 is 0 Å². The zero-order chi connectivity index (χ0) is 14.3. The number of phenolic OH excluding ortho intramolecular Hbond substituents is 1. The number of aromatic hydroxyl groups is 1. The normalized spacial score (nSPS) is 11.2. The third-order valence-electron chi connectivity index (χ3n) is 3.29. The lowest BCUT2D eigenvalue weighted by Gasteiger charge is -2.06. The van der Waals surface area contributed by atoms with E-state index in [9.17, 15) is 9.50 Å². The molecule has 0 bridgehead atoms. The average Bonchev–Trinajstić information content (AvgIpc) is 2.83. The number of nitrogens with zero attached hydrogens (tertiary/aromatic N) is 2. The van der Waals surface area contributed by atoms with Crippen molar-refractivity contribution in [2.45, 2.75) is 13.3 Å². The Bertz CT molecular complexity index is 798. The van der Waals surface area contributed by atoms with Crippen molar-refractivity contribution in [1.29, 1.82) is 0 Å². The van der Waals surface area contributed by atoms with Crippen molar-refractivity contribution in [3.8, 4) is 17.0 Å². The second-order valence-corrected chi connectivity index (χ2v) is 4.85. The molecule has 0 saturated heterocycles. The highest BCUT2D eigenvalue weighted by molar-refractivity contribution is 6.32. The molecule has 0 aliphatic carbocycles. The summed E-state index contributed by atoms with van der Waals surface area (Å²) in [6, 6.07) is 8.64. The molecule has 2 heterocycles. The second kappa shape index (κ2) is 4.80. The topological polar surface area (TPSA) is 37.5 Å². The molecule has 0 amide bonds. The van der Waals surface area contributed by atoms with Crippen LogP contribution in [0.3, 0.4) is 0 Å². The van der Waals surface area contributed by atoms with Gasteiger partial charge in [-0.3, -0.25) is 0 Å². The molecular weight excluding hydrogens is 279 g/mol. The second-order valence-electron chi connectivity index (χ2n) is 4.45. The van der Waals surface area contributed by atoms with Gasteiger partial charge >= 0.3 is 0 Å². The number of hydrogen-bond acceptors (Lipinski definition) is 2. The number of aryl methyl sites for hydroxylation is 1. The van der Waals surface area contributed by atoms with Gasteiger partial charge < -0.3 is 9.51 Å². The summed E-state index contributed by atoms with van der Waals surface area (Å²) < 4.78 is 16.1. The zero-order valence-electron chi connectivity index (χ0n) is 10.8. The van der Waals surface area contributed by atoms with Crippen LogP contribution in [0.2, 0.25) is 5.02 Å². The first-order valence-corrected chi connectivity index (χ1v) is 6.64. The summed E-state index contributed by atoms with van der Waals surface area (Å²) in [6.07, 6.45) is 2.59. The third kappa shape index (κ3) is 1.84. The SMILES string of the molecule is CCc1c(-c2ccc(Cl)c(O)c2F)nc2ccccn12. The van der Waals surface area contributed by atoms with Crippen molar-refractivity contribution in [3.63, 3.8) is 0 Å². The molecule has 0 saturated carbocycles. The van der Waals surface area contributed by atoms with Gasteiger partial charge in [-0.25, -0.2) is 9.37 Å². The lowest BCUT2D eigenvalue weighted by molar-refractivity contribution is 0.434. The minimum atomic E-state index is -0.740. The largest absolute Gasteiger partial charge is 0.504 e. The van der Waals surface area contributed by atoms with E-state index in [0.29, 0.717) is 12.1 Å². The van der Waals surface area contributed by atoms with Crippen LogP contribution in [-0.2, 0) is 6.42 Å². The molecule has 0 radical (unpaired) electrons. The minimum Gasteiger partial charge on any atom is -0.504 e. The Morgan fingerprint density at radius 2 is 2.10 bits per heavy atom. The molecule has 1 N–H and O–H groups in total. The summed E-state index contributed by atoms with van der Waals surface area (Å²) in [5.41, 5.74) is 2.42. The Kier molecular flexibility index (Phi) is 3.10. The van der Waals surface area contributed by atoms with Crippen molar-refractivity contribution in [2.24, 2.45) is 0 Å². The number of hydrogen-bond donors (Lipinski definition) is 1. The number of benzene rings is 1. The lowest BCUT2D eigenvalue weighted by Crippen LogP contribution is -1.93. The van der Waals surface area contributed by atoms with E-state index in [-0.39, 0.29) is 10.6 Å². The van der Waals surface area contributed by atoms with Gasteiger partial charge in [0.25, 0.3) is 0 Å². The molecule has 3 aromatic rings. The predicted molar refractivity (Wildman–Crippen MR) is 76.6 cm³/mol. The van der Waals surface area contributed by atoms with E-state index in [2.05, 4.69) is 4.98 Å². The van der Waals surface area contributed by atoms with Crippen molar-refractivity contribution in [1.82, 2.24) is 9.38 Å². The number of imidazole rings is 1. The van der Waals surface area contributed by atoms with Crippen molar-refractivity contribution < 1.29 is 9.50 Å². The Balaban J connectivity index is 2.32. The number of phenols is 1. The molecule has 0 fully saturated rings. The number of pyridine rings is 1. The maximum atomic E-state index is 14.2. The molecule has 3 rings (SSSR count). The summed E-state index contributed by atoms with van der Waals surface area (Å²) in [7, 11) is 0. The summed E-state index contributed by atoms with van der Waals surface area (Å²) >= 11 is 5.71. The van der Waals surface area contributed by atoms with Crippen molar-refractivity contribution in [3.05, 3.63) is 53.1 Å². The van der Waals surface area contributed by atoms with Crippen molar-refractivity contribution >= 4 is 17.2 Å². The van der Waals surface area contributed by atoms with Gasteiger partial charge in [0, 0.05) is 11.8 Å². The van der Waals surface area contributed by atoms with Crippen molar-refractivity contribution in [2.75, 3.05) is 0 Å². The number of fused-ring (bicyclic) bond motifs is 1. The van der Waals surface area contributed by atoms with Gasteiger partial charge in [0.2, 0.25) is 0 Å². The number of halogens is 2. The molecular formula is C15H12ClFN2O. The van der Waals surface area contributed by atoms with Crippen LogP contribution in [0.25, 0.3) is 16.9 Å². The van der Waals surface area contributed by atoms with Crippen LogP contribution in [0.15, 0.2) is 36.5 Å². The summed E-state index contributed by atoms with van der Waals surface area (Å²) in [6.45, 7) is 1.98. The summed E-state index contributed by atoms with van der Waals surface area (Å²) in [4.78, 5) is 4.45. The monoisotopic (exact) mass is 290 g/mol. The zero-order valence-corrected chi connectivity index (χ0v) is 11.5. The number of aromatic nitrogens is 2. The Morgan fingerprint density at radius 3 is 2.85 bits per heavy atom. The predicted octanol–water partition coefficient (Wildman–Crippen LogP) is 4.06. The first-order chi connectivity index (χ1) is 9.63. The highest BCUT2D eigenvalue weighted by atomic mass is 35.5. The highest BCUT2D eigenvalue weighted by Crippen LogP contribution is 2.35. The van der Waals surface area contributed by atoms with Gasteiger partial charge in [0.15, 0.2) is 11.6 Å². The first kappa shape index (κ1) is 12.9. The Morgan fingerprint density at radius 1 is 1.30 bits per heavy atom. The fourth-order valence-corrected chi connectivity index (χ4v) is 2.47. The van der Waals surface area contributed by atoms with Gasteiger partial charge in [0.1, 0.15) is 5.65 Å². The standard InChI is InChI=1S/C15H12ClFN2O/c1-2-11-14(18-12-5-3-4-8-19(11)12)9-6-7-10(16)15(20)13(9)17/h3-8,20H,2H2,1H3. The molecule has 0 atom stereocenters. The van der Waals surface area contributed by atoms with Crippen LogP contribution in [0.5, 0.6) is 5.75 Å². The summed E-state index contributed by atoms with van der Waals surface area (Å²) in [5, 5.41) is 9.64. The third-order valence-corrected chi connectivity index (χ3v) is 3.59.